The van der Waals surface area contributed by atoms with Crippen molar-refractivity contribution in [2.45, 2.75) is 25.5 Å². The van der Waals surface area contributed by atoms with Gasteiger partial charge in [0.25, 0.3) is 0 Å². The molecule has 0 aliphatic carbocycles. The van der Waals surface area contributed by atoms with Gasteiger partial charge in [-0.2, -0.15) is 0 Å². The Kier molecular flexibility index (Phi) is 6.31. The second-order valence-corrected chi connectivity index (χ2v) is 5.07. The fourth-order valence-corrected chi connectivity index (χ4v) is 1.94. The molecule has 2 aromatic rings. The maximum Gasteiger partial charge on any atom is 0.308 e. The summed E-state index contributed by atoms with van der Waals surface area (Å²) in [6.07, 6.45) is 3.73. The number of H-pyrrole nitrogens is 1. The summed E-state index contributed by atoms with van der Waals surface area (Å²) < 4.78 is 5.10. The van der Waals surface area contributed by atoms with E-state index >= 15 is 0 Å². The molecule has 0 unspecified atom stereocenters. The van der Waals surface area contributed by atoms with Crippen LogP contribution in [0.3, 0.4) is 0 Å². The molecule has 0 aliphatic rings. The molecular weight excluding hydrogens is 296 g/mol. The van der Waals surface area contributed by atoms with Gasteiger partial charge < -0.3 is 20.8 Å². The first-order valence-electron chi connectivity index (χ1n) is 7.35. The first kappa shape index (κ1) is 16.7. The maximum absolute atomic E-state index is 11.8. The second kappa shape index (κ2) is 8.70. The zero-order valence-corrected chi connectivity index (χ0v) is 12.7. The van der Waals surface area contributed by atoms with Crippen molar-refractivity contribution in [2.75, 3.05) is 6.54 Å². The van der Waals surface area contributed by atoms with Crippen LogP contribution in [0.2, 0.25) is 0 Å². The molecule has 0 saturated heterocycles. The summed E-state index contributed by atoms with van der Waals surface area (Å²) in [6.45, 7) is 0.599. The van der Waals surface area contributed by atoms with Gasteiger partial charge in [0, 0.05) is 24.9 Å². The van der Waals surface area contributed by atoms with Crippen LogP contribution in [0.1, 0.15) is 17.7 Å². The lowest BCUT2D eigenvalue weighted by atomic mass is 10.2. The van der Waals surface area contributed by atoms with E-state index in [1.54, 1.807) is 12.5 Å². The van der Waals surface area contributed by atoms with Crippen molar-refractivity contribution in [2.24, 2.45) is 5.73 Å². The highest BCUT2D eigenvalue weighted by atomic mass is 16.5. The molecule has 2 rings (SSSR count). The highest BCUT2D eigenvalue weighted by Gasteiger charge is 2.18. The first-order valence-corrected chi connectivity index (χ1v) is 7.35. The lowest BCUT2D eigenvalue weighted by molar-refractivity contribution is -0.146. The Balaban J connectivity index is 1.65. The summed E-state index contributed by atoms with van der Waals surface area (Å²) in [7, 11) is 0. The first-order chi connectivity index (χ1) is 11.1. The highest BCUT2D eigenvalue weighted by Crippen LogP contribution is 2.02. The number of ether oxygens (including phenoxy) is 1. The van der Waals surface area contributed by atoms with Gasteiger partial charge >= 0.3 is 5.97 Å². The molecule has 1 heterocycles. The lowest BCUT2D eigenvalue weighted by Gasteiger charge is -2.12. The van der Waals surface area contributed by atoms with E-state index in [1.807, 2.05) is 30.3 Å². The number of benzene rings is 1. The van der Waals surface area contributed by atoms with E-state index in [4.69, 9.17) is 10.5 Å². The number of carbonyl (C=O) groups excluding carboxylic acids is 2. The number of imidazole rings is 1. The van der Waals surface area contributed by atoms with Crippen LogP contribution in [0.4, 0.5) is 0 Å². The zero-order valence-electron chi connectivity index (χ0n) is 12.7. The Morgan fingerprint density at radius 1 is 1.30 bits per heavy atom. The van der Waals surface area contributed by atoms with Crippen LogP contribution >= 0.6 is 0 Å². The quantitative estimate of drug-likeness (QED) is 0.615. The third-order valence-electron chi connectivity index (χ3n) is 3.21. The predicted octanol–water partition coefficient (Wildman–Crippen LogP) is 0.529. The van der Waals surface area contributed by atoms with E-state index in [0.29, 0.717) is 13.0 Å². The van der Waals surface area contributed by atoms with E-state index < -0.39 is 12.0 Å². The molecule has 1 amide bonds. The molecule has 1 aromatic carbocycles. The van der Waals surface area contributed by atoms with Crippen LogP contribution in [0.25, 0.3) is 0 Å². The van der Waals surface area contributed by atoms with Crippen LogP contribution in [0.15, 0.2) is 42.9 Å². The zero-order chi connectivity index (χ0) is 16.5. The van der Waals surface area contributed by atoms with Crippen molar-refractivity contribution in [3.8, 4) is 0 Å². The molecule has 0 radical (unpaired) electrons. The Hall–Kier alpha value is -2.67. The fraction of sp³-hybridized carbons (Fsp3) is 0.312. The number of hydrogen-bond donors (Lipinski definition) is 3. The molecule has 4 N–H and O–H groups in total. The predicted molar refractivity (Wildman–Crippen MR) is 84.1 cm³/mol. The standard InChI is InChI=1S/C16H20N4O3/c17-14(16(22)19-7-6-13-9-18-11-20-13)8-15(21)23-10-12-4-2-1-3-5-12/h1-5,9,11,14H,6-8,10,17H2,(H,18,20)(H,19,22)/t14-/m0/s1. The summed E-state index contributed by atoms with van der Waals surface area (Å²) in [5, 5.41) is 2.68. The van der Waals surface area contributed by atoms with Crippen molar-refractivity contribution < 1.29 is 14.3 Å². The van der Waals surface area contributed by atoms with Crippen molar-refractivity contribution >= 4 is 11.9 Å². The Morgan fingerprint density at radius 2 is 2.09 bits per heavy atom. The number of aromatic nitrogens is 2. The van der Waals surface area contributed by atoms with Crippen LogP contribution < -0.4 is 11.1 Å². The van der Waals surface area contributed by atoms with E-state index in [0.717, 1.165) is 11.3 Å². The van der Waals surface area contributed by atoms with Crippen molar-refractivity contribution in [1.82, 2.24) is 15.3 Å². The number of esters is 1. The van der Waals surface area contributed by atoms with E-state index in [2.05, 4.69) is 15.3 Å². The largest absolute Gasteiger partial charge is 0.461 e. The Bertz CT molecular complexity index is 614. The highest BCUT2D eigenvalue weighted by molar-refractivity contribution is 5.86. The number of nitrogens with one attached hydrogen (secondary N) is 2. The number of amides is 1. The summed E-state index contributed by atoms with van der Waals surface area (Å²) in [6, 6.07) is 8.41. The molecule has 7 nitrogen and oxygen atoms in total. The molecule has 0 aliphatic heterocycles. The van der Waals surface area contributed by atoms with Gasteiger partial charge in [-0.15, -0.1) is 0 Å². The monoisotopic (exact) mass is 316 g/mol. The number of carbonyl (C=O) groups is 2. The van der Waals surface area contributed by atoms with Crippen LogP contribution in [-0.4, -0.2) is 34.4 Å². The van der Waals surface area contributed by atoms with E-state index in [1.165, 1.54) is 0 Å². The topological polar surface area (TPSA) is 110 Å². The summed E-state index contributed by atoms with van der Waals surface area (Å²) in [4.78, 5) is 30.3. The molecule has 1 aromatic heterocycles. The SMILES string of the molecule is N[C@@H](CC(=O)OCc1ccccc1)C(=O)NCCc1cnc[nH]1. The van der Waals surface area contributed by atoms with E-state index in [9.17, 15) is 9.59 Å². The summed E-state index contributed by atoms with van der Waals surface area (Å²) >= 11 is 0. The lowest BCUT2D eigenvalue weighted by Crippen LogP contribution is -2.42. The molecule has 23 heavy (non-hydrogen) atoms. The normalized spacial score (nSPS) is 11.7. The minimum atomic E-state index is -0.917. The molecule has 0 bridgehead atoms. The van der Waals surface area contributed by atoms with Crippen molar-refractivity contribution in [3.05, 3.63) is 54.1 Å². The van der Waals surface area contributed by atoms with Crippen LogP contribution in [-0.2, 0) is 27.4 Å². The third-order valence-corrected chi connectivity index (χ3v) is 3.21. The van der Waals surface area contributed by atoms with E-state index in [-0.39, 0.29) is 18.9 Å². The summed E-state index contributed by atoms with van der Waals surface area (Å²) in [5.41, 5.74) is 7.52. The second-order valence-electron chi connectivity index (χ2n) is 5.07. The Labute approximate surface area is 134 Å². The molecule has 0 saturated carbocycles. The van der Waals surface area contributed by atoms with Gasteiger partial charge in [0.05, 0.1) is 18.8 Å². The number of aromatic amines is 1. The molecule has 7 heteroatoms. The van der Waals surface area contributed by atoms with Gasteiger partial charge in [0.2, 0.25) is 5.91 Å². The molecule has 1 atom stereocenters. The summed E-state index contributed by atoms with van der Waals surface area (Å²) in [5.74, 6) is -0.869. The van der Waals surface area contributed by atoms with Crippen molar-refractivity contribution in [1.29, 1.82) is 0 Å². The number of nitrogens with two attached hydrogens (primary N) is 1. The fourth-order valence-electron chi connectivity index (χ4n) is 1.94. The Morgan fingerprint density at radius 3 is 2.78 bits per heavy atom. The average Bonchev–Trinajstić information content (AvgIpc) is 3.07. The van der Waals surface area contributed by atoms with Gasteiger partial charge in [-0.3, -0.25) is 9.59 Å². The maximum atomic E-state index is 11.8. The van der Waals surface area contributed by atoms with Gasteiger partial charge in [0.1, 0.15) is 6.61 Å². The van der Waals surface area contributed by atoms with Gasteiger partial charge in [-0.25, -0.2) is 4.98 Å². The minimum Gasteiger partial charge on any atom is -0.461 e. The number of hydrogen-bond acceptors (Lipinski definition) is 5. The molecule has 0 spiro atoms. The molecular formula is C16H20N4O3. The van der Waals surface area contributed by atoms with Crippen LogP contribution in [0.5, 0.6) is 0 Å². The van der Waals surface area contributed by atoms with Crippen molar-refractivity contribution in [3.63, 3.8) is 0 Å². The number of nitrogens with zero attached hydrogens (tertiary/aromatic N) is 1. The molecule has 0 fully saturated rings. The smallest absolute Gasteiger partial charge is 0.308 e. The number of rotatable bonds is 8. The van der Waals surface area contributed by atoms with Gasteiger partial charge in [0.15, 0.2) is 0 Å². The van der Waals surface area contributed by atoms with Gasteiger partial charge in [-0.05, 0) is 5.56 Å². The minimum absolute atomic E-state index is 0.150. The molecule has 122 valence electrons. The third kappa shape index (κ3) is 5.91. The van der Waals surface area contributed by atoms with Crippen LogP contribution in [0, 0.1) is 0 Å². The average molecular weight is 316 g/mol. The van der Waals surface area contributed by atoms with Gasteiger partial charge in [-0.1, -0.05) is 30.3 Å².